The van der Waals surface area contributed by atoms with Gasteiger partial charge in [0.2, 0.25) is 5.91 Å². The average molecular weight is 250 g/mol. The Kier molecular flexibility index (Phi) is 3.91. The van der Waals surface area contributed by atoms with Crippen molar-refractivity contribution >= 4 is 5.91 Å². The van der Waals surface area contributed by atoms with Crippen LogP contribution in [0.4, 0.5) is 0 Å². The highest BCUT2D eigenvalue weighted by molar-refractivity contribution is 5.85. The van der Waals surface area contributed by atoms with Gasteiger partial charge in [0, 0.05) is 12.0 Å². The molecule has 2 aliphatic rings. The van der Waals surface area contributed by atoms with Crippen molar-refractivity contribution < 1.29 is 9.90 Å². The van der Waals surface area contributed by atoms with Crippen molar-refractivity contribution in [1.82, 2.24) is 5.32 Å². The molecule has 100 valence electrons. The van der Waals surface area contributed by atoms with Crippen LogP contribution in [0.5, 0.6) is 0 Å². The molecule has 0 saturated heterocycles. The largest absolute Gasteiger partial charge is 0.396 e. The smallest absolute Gasteiger partial charge is 0.240 e. The zero-order valence-electron chi connectivity index (χ0n) is 10.9. The van der Waals surface area contributed by atoms with Crippen LogP contribution >= 0.6 is 0 Å². The molecule has 2 N–H and O–H groups in total. The van der Waals surface area contributed by atoms with E-state index in [4.69, 9.17) is 0 Å². The summed E-state index contributed by atoms with van der Waals surface area (Å²) in [6, 6.07) is 2.21. The number of hydrogen-bond donors (Lipinski definition) is 2. The van der Waals surface area contributed by atoms with Crippen molar-refractivity contribution in [3.05, 3.63) is 0 Å². The Morgan fingerprint density at radius 1 is 1.17 bits per heavy atom. The van der Waals surface area contributed by atoms with Gasteiger partial charge in [0.15, 0.2) is 0 Å². The third-order valence-electron chi connectivity index (χ3n) is 4.73. The molecule has 18 heavy (non-hydrogen) atoms. The second-order valence-electron chi connectivity index (χ2n) is 5.95. The summed E-state index contributed by atoms with van der Waals surface area (Å²) >= 11 is 0. The Labute approximate surface area is 108 Å². The number of hydrogen-bond acceptors (Lipinski definition) is 3. The lowest BCUT2D eigenvalue weighted by Gasteiger charge is -2.28. The zero-order valence-corrected chi connectivity index (χ0v) is 10.9. The zero-order chi connectivity index (χ0) is 13.1. The fourth-order valence-corrected chi connectivity index (χ4v) is 3.32. The lowest BCUT2D eigenvalue weighted by atomic mass is 9.84. The fourth-order valence-electron chi connectivity index (χ4n) is 3.32. The highest BCUT2D eigenvalue weighted by Gasteiger charge is 2.42. The first-order valence-corrected chi connectivity index (χ1v) is 6.97. The monoisotopic (exact) mass is 250 g/mol. The third-order valence-corrected chi connectivity index (χ3v) is 4.73. The van der Waals surface area contributed by atoms with Crippen LogP contribution in [0.15, 0.2) is 0 Å². The molecule has 0 aliphatic heterocycles. The lowest BCUT2D eigenvalue weighted by Crippen LogP contribution is -2.44. The molecular formula is C14H22N2O2. The number of carbonyl (C=O) groups is 1. The van der Waals surface area contributed by atoms with Crippen LogP contribution in [-0.4, -0.2) is 24.2 Å². The predicted molar refractivity (Wildman–Crippen MR) is 67.5 cm³/mol. The van der Waals surface area contributed by atoms with E-state index >= 15 is 0 Å². The summed E-state index contributed by atoms with van der Waals surface area (Å²) in [6.07, 6.45) is 7.49. The van der Waals surface area contributed by atoms with E-state index in [1.807, 2.05) is 0 Å². The van der Waals surface area contributed by atoms with Crippen LogP contribution in [-0.2, 0) is 4.79 Å². The van der Waals surface area contributed by atoms with Crippen molar-refractivity contribution in [3.63, 3.8) is 0 Å². The van der Waals surface area contributed by atoms with Gasteiger partial charge in [-0.2, -0.15) is 5.26 Å². The number of carbonyl (C=O) groups excluding carboxylic acids is 1. The lowest BCUT2D eigenvalue weighted by molar-refractivity contribution is -0.128. The van der Waals surface area contributed by atoms with Crippen molar-refractivity contribution in [2.24, 2.45) is 10.8 Å². The SMILES string of the molecule is N#CC1(C(=O)NCC2(CO)CCCC2)CCCC1. The van der Waals surface area contributed by atoms with Gasteiger partial charge in [-0.05, 0) is 25.7 Å². The molecule has 2 fully saturated rings. The maximum absolute atomic E-state index is 12.2. The van der Waals surface area contributed by atoms with Crippen LogP contribution in [0.3, 0.4) is 0 Å². The number of nitriles is 1. The molecule has 0 heterocycles. The predicted octanol–water partition coefficient (Wildman–Crippen LogP) is 1.74. The summed E-state index contributed by atoms with van der Waals surface area (Å²) in [5.41, 5.74) is -0.930. The van der Waals surface area contributed by atoms with Crippen molar-refractivity contribution in [2.45, 2.75) is 51.4 Å². The third kappa shape index (κ3) is 2.37. The number of rotatable bonds is 4. The molecule has 4 nitrogen and oxygen atoms in total. The standard InChI is InChI=1S/C14H22N2O2/c15-9-14(7-3-4-8-14)12(18)16-10-13(11-17)5-1-2-6-13/h17H,1-8,10-11H2,(H,16,18). The minimum absolute atomic E-state index is 0.123. The van der Waals surface area contributed by atoms with E-state index in [9.17, 15) is 15.2 Å². The van der Waals surface area contributed by atoms with E-state index in [-0.39, 0.29) is 17.9 Å². The molecule has 4 heteroatoms. The van der Waals surface area contributed by atoms with Crippen LogP contribution in [0.2, 0.25) is 0 Å². The molecule has 0 radical (unpaired) electrons. The summed E-state index contributed by atoms with van der Waals surface area (Å²) < 4.78 is 0. The van der Waals surface area contributed by atoms with Gasteiger partial charge in [0.25, 0.3) is 0 Å². The molecule has 0 spiro atoms. The van der Waals surface area contributed by atoms with Gasteiger partial charge >= 0.3 is 0 Å². The highest BCUT2D eigenvalue weighted by atomic mass is 16.3. The molecule has 2 rings (SSSR count). The summed E-state index contributed by atoms with van der Waals surface area (Å²) in [7, 11) is 0. The maximum atomic E-state index is 12.2. The number of amides is 1. The van der Waals surface area contributed by atoms with E-state index in [1.54, 1.807) is 0 Å². The molecule has 2 aliphatic carbocycles. The van der Waals surface area contributed by atoms with Crippen LogP contribution in [0.25, 0.3) is 0 Å². The van der Waals surface area contributed by atoms with E-state index in [0.29, 0.717) is 19.4 Å². The summed E-state index contributed by atoms with van der Waals surface area (Å²) in [4.78, 5) is 12.2. The molecule has 0 aromatic carbocycles. The van der Waals surface area contributed by atoms with Gasteiger partial charge in [-0.25, -0.2) is 0 Å². The number of nitrogens with one attached hydrogen (secondary N) is 1. The first-order chi connectivity index (χ1) is 8.66. The number of aliphatic hydroxyl groups excluding tert-OH is 1. The minimum Gasteiger partial charge on any atom is -0.396 e. The Morgan fingerprint density at radius 3 is 2.22 bits per heavy atom. The quantitative estimate of drug-likeness (QED) is 0.798. The summed E-state index contributed by atoms with van der Waals surface area (Å²) in [5.74, 6) is -0.123. The normalized spacial score (nSPS) is 24.7. The van der Waals surface area contributed by atoms with Gasteiger partial charge in [-0.1, -0.05) is 25.7 Å². The average Bonchev–Trinajstić information content (AvgIpc) is 3.06. The Hall–Kier alpha value is -1.08. The van der Waals surface area contributed by atoms with E-state index in [0.717, 1.165) is 38.5 Å². The summed E-state index contributed by atoms with van der Waals surface area (Å²) in [6.45, 7) is 0.651. The Balaban J connectivity index is 1.93. The molecule has 0 unspecified atom stereocenters. The topological polar surface area (TPSA) is 73.1 Å². The van der Waals surface area contributed by atoms with Crippen molar-refractivity contribution in [3.8, 4) is 6.07 Å². The maximum Gasteiger partial charge on any atom is 0.240 e. The summed E-state index contributed by atoms with van der Waals surface area (Å²) in [5, 5.41) is 21.7. The van der Waals surface area contributed by atoms with Crippen LogP contribution in [0.1, 0.15) is 51.4 Å². The molecule has 0 atom stereocenters. The van der Waals surface area contributed by atoms with Gasteiger partial charge in [-0.15, -0.1) is 0 Å². The van der Waals surface area contributed by atoms with Gasteiger partial charge in [0.05, 0.1) is 12.7 Å². The first-order valence-electron chi connectivity index (χ1n) is 6.97. The minimum atomic E-state index is -0.796. The van der Waals surface area contributed by atoms with Gasteiger partial charge < -0.3 is 10.4 Å². The second-order valence-corrected chi connectivity index (χ2v) is 5.95. The second kappa shape index (κ2) is 5.27. The van der Waals surface area contributed by atoms with E-state index < -0.39 is 5.41 Å². The van der Waals surface area contributed by atoms with E-state index in [2.05, 4.69) is 11.4 Å². The van der Waals surface area contributed by atoms with Crippen LogP contribution < -0.4 is 5.32 Å². The fraction of sp³-hybridized carbons (Fsp3) is 0.857. The highest BCUT2D eigenvalue weighted by Crippen LogP contribution is 2.39. The first kappa shape index (κ1) is 13.4. The number of nitrogens with zero attached hydrogens (tertiary/aromatic N) is 1. The van der Waals surface area contributed by atoms with E-state index in [1.165, 1.54) is 0 Å². The molecule has 2 saturated carbocycles. The number of aliphatic hydroxyl groups is 1. The molecule has 0 aromatic rings. The molecule has 1 amide bonds. The van der Waals surface area contributed by atoms with Crippen LogP contribution in [0, 0.1) is 22.2 Å². The van der Waals surface area contributed by atoms with Gasteiger partial charge in [-0.3, -0.25) is 4.79 Å². The molecular weight excluding hydrogens is 228 g/mol. The Bertz CT molecular complexity index is 347. The molecule has 0 aromatic heterocycles. The Morgan fingerprint density at radius 2 is 1.72 bits per heavy atom. The van der Waals surface area contributed by atoms with Crippen molar-refractivity contribution in [2.75, 3.05) is 13.2 Å². The van der Waals surface area contributed by atoms with Gasteiger partial charge in [0.1, 0.15) is 5.41 Å². The molecule has 0 bridgehead atoms. The van der Waals surface area contributed by atoms with Crippen molar-refractivity contribution in [1.29, 1.82) is 5.26 Å².